The SMILES string of the molecule is COc1nccc2c(S(=O)(=O)N3CCCNC[C@H]3CCC(C)C)cccc12. The Morgan fingerprint density at radius 1 is 1.30 bits per heavy atom. The normalized spacial score (nSPS) is 19.3. The Balaban J connectivity index is 2.04. The van der Waals surface area contributed by atoms with E-state index in [1.165, 1.54) is 0 Å². The number of fused-ring (bicyclic) bond motifs is 1. The van der Waals surface area contributed by atoms with E-state index in [1.807, 2.05) is 6.07 Å². The lowest BCUT2D eigenvalue weighted by molar-refractivity contribution is 0.303. The quantitative estimate of drug-likeness (QED) is 0.819. The first-order chi connectivity index (χ1) is 12.9. The minimum atomic E-state index is -3.62. The summed E-state index contributed by atoms with van der Waals surface area (Å²) in [6.45, 7) is 6.43. The molecule has 1 aromatic heterocycles. The second-order valence-corrected chi connectivity index (χ2v) is 9.33. The van der Waals surface area contributed by atoms with Gasteiger partial charge in [0.1, 0.15) is 0 Å². The fraction of sp³-hybridized carbons (Fsp3) is 0.550. The third-order valence-corrected chi connectivity index (χ3v) is 7.12. The average molecular weight is 392 g/mol. The first kappa shape index (κ1) is 20.0. The van der Waals surface area contributed by atoms with Crippen molar-refractivity contribution in [3.8, 4) is 5.88 Å². The average Bonchev–Trinajstić information content (AvgIpc) is 2.91. The number of hydrogen-bond donors (Lipinski definition) is 1. The van der Waals surface area contributed by atoms with Crippen LogP contribution >= 0.6 is 0 Å². The van der Waals surface area contributed by atoms with E-state index in [9.17, 15) is 8.42 Å². The van der Waals surface area contributed by atoms with Gasteiger partial charge in [-0.2, -0.15) is 4.31 Å². The lowest BCUT2D eigenvalue weighted by Crippen LogP contribution is -2.43. The predicted octanol–water partition coefficient (Wildman–Crippen LogP) is 3.03. The zero-order valence-electron chi connectivity index (χ0n) is 16.3. The van der Waals surface area contributed by atoms with Crippen LogP contribution in [0.3, 0.4) is 0 Å². The zero-order chi connectivity index (χ0) is 19.4. The van der Waals surface area contributed by atoms with Crippen LogP contribution < -0.4 is 10.1 Å². The minimum absolute atomic E-state index is 0.0288. The van der Waals surface area contributed by atoms with Crippen LogP contribution in [0.2, 0.25) is 0 Å². The smallest absolute Gasteiger partial charge is 0.243 e. The van der Waals surface area contributed by atoms with Crippen LogP contribution in [0.15, 0.2) is 35.4 Å². The molecule has 0 spiro atoms. The molecule has 1 aliphatic rings. The summed E-state index contributed by atoms with van der Waals surface area (Å²) in [5.74, 6) is 0.990. The highest BCUT2D eigenvalue weighted by atomic mass is 32.2. The molecule has 1 atom stereocenters. The van der Waals surface area contributed by atoms with Gasteiger partial charge in [-0.25, -0.2) is 13.4 Å². The maximum absolute atomic E-state index is 13.6. The molecule has 1 saturated heterocycles. The number of pyridine rings is 1. The van der Waals surface area contributed by atoms with Gasteiger partial charge in [0.15, 0.2) is 0 Å². The van der Waals surface area contributed by atoms with Crippen LogP contribution in [0.25, 0.3) is 10.8 Å². The second-order valence-electron chi connectivity index (χ2n) is 7.47. The first-order valence-electron chi connectivity index (χ1n) is 9.59. The molecule has 0 bridgehead atoms. The van der Waals surface area contributed by atoms with Gasteiger partial charge in [-0.15, -0.1) is 0 Å². The second kappa shape index (κ2) is 8.54. The third kappa shape index (κ3) is 4.25. The van der Waals surface area contributed by atoms with Crippen molar-refractivity contribution in [2.24, 2.45) is 5.92 Å². The van der Waals surface area contributed by atoms with E-state index in [2.05, 4.69) is 24.1 Å². The molecule has 1 N–H and O–H groups in total. The van der Waals surface area contributed by atoms with E-state index in [-0.39, 0.29) is 6.04 Å². The number of rotatable bonds is 6. The number of benzene rings is 1. The van der Waals surface area contributed by atoms with Gasteiger partial charge in [-0.3, -0.25) is 0 Å². The molecule has 3 rings (SSSR count). The molecule has 0 amide bonds. The van der Waals surface area contributed by atoms with Gasteiger partial charge in [-0.1, -0.05) is 19.9 Å². The van der Waals surface area contributed by atoms with E-state index in [0.717, 1.165) is 25.8 Å². The largest absolute Gasteiger partial charge is 0.481 e. The molecule has 1 aliphatic heterocycles. The molecule has 2 aromatic rings. The van der Waals surface area contributed by atoms with Crippen molar-refractivity contribution in [1.29, 1.82) is 0 Å². The summed E-state index contributed by atoms with van der Waals surface area (Å²) in [7, 11) is -2.08. The molecule has 6 nitrogen and oxygen atoms in total. The monoisotopic (exact) mass is 391 g/mol. The fourth-order valence-corrected chi connectivity index (χ4v) is 5.57. The summed E-state index contributed by atoms with van der Waals surface area (Å²) < 4.78 is 34.3. The van der Waals surface area contributed by atoms with Crippen LogP contribution in [0.4, 0.5) is 0 Å². The summed E-state index contributed by atoms with van der Waals surface area (Å²) >= 11 is 0. The molecular formula is C20H29N3O3S. The Labute approximate surface area is 162 Å². The van der Waals surface area contributed by atoms with Crippen LogP contribution in [-0.4, -0.2) is 50.5 Å². The number of nitrogens with one attached hydrogen (secondary N) is 1. The topological polar surface area (TPSA) is 71.5 Å². The molecule has 0 saturated carbocycles. The van der Waals surface area contributed by atoms with Gasteiger partial charge in [0.05, 0.1) is 12.0 Å². The molecule has 1 aromatic carbocycles. The fourth-order valence-electron chi connectivity index (χ4n) is 3.67. The molecule has 2 heterocycles. The van der Waals surface area contributed by atoms with Gasteiger partial charge in [0, 0.05) is 36.1 Å². The van der Waals surface area contributed by atoms with Gasteiger partial charge in [0.2, 0.25) is 15.9 Å². The Morgan fingerprint density at radius 3 is 2.85 bits per heavy atom. The van der Waals surface area contributed by atoms with E-state index in [1.54, 1.807) is 35.8 Å². The van der Waals surface area contributed by atoms with Crippen molar-refractivity contribution in [1.82, 2.24) is 14.6 Å². The summed E-state index contributed by atoms with van der Waals surface area (Å²) in [5.41, 5.74) is 0. The van der Waals surface area contributed by atoms with Crippen molar-refractivity contribution < 1.29 is 13.2 Å². The van der Waals surface area contributed by atoms with Crippen molar-refractivity contribution in [3.05, 3.63) is 30.5 Å². The van der Waals surface area contributed by atoms with Crippen molar-refractivity contribution in [3.63, 3.8) is 0 Å². The van der Waals surface area contributed by atoms with Gasteiger partial charge in [0.25, 0.3) is 0 Å². The third-order valence-electron chi connectivity index (χ3n) is 5.11. The van der Waals surface area contributed by atoms with Crippen LogP contribution in [0, 0.1) is 5.92 Å². The van der Waals surface area contributed by atoms with Crippen molar-refractivity contribution >= 4 is 20.8 Å². The van der Waals surface area contributed by atoms with Crippen LogP contribution in [0.5, 0.6) is 5.88 Å². The maximum Gasteiger partial charge on any atom is 0.243 e. The van der Waals surface area contributed by atoms with Gasteiger partial charge in [-0.05, 0) is 49.9 Å². The Morgan fingerprint density at radius 2 is 2.11 bits per heavy atom. The van der Waals surface area contributed by atoms with Crippen LogP contribution in [0.1, 0.15) is 33.1 Å². The van der Waals surface area contributed by atoms with E-state index in [0.29, 0.717) is 40.6 Å². The van der Waals surface area contributed by atoms with Crippen LogP contribution in [-0.2, 0) is 10.0 Å². The minimum Gasteiger partial charge on any atom is -0.481 e. The lowest BCUT2D eigenvalue weighted by Gasteiger charge is -2.30. The number of methoxy groups -OCH3 is 1. The summed E-state index contributed by atoms with van der Waals surface area (Å²) in [5, 5.41) is 4.77. The molecule has 0 unspecified atom stereocenters. The summed E-state index contributed by atoms with van der Waals surface area (Å²) in [4.78, 5) is 4.53. The van der Waals surface area contributed by atoms with Crippen molar-refractivity contribution in [2.75, 3.05) is 26.7 Å². The van der Waals surface area contributed by atoms with Gasteiger partial charge < -0.3 is 10.1 Å². The summed E-state index contributed by atoms with van der Waals surface area (Å²) in [6, 6.07) is 7.02. The number of nitrogens with zero attached hydrogens (tertiary/aromatic N) is 2. The highest BCUT2D eigenvalue weighted by Crippen LogP contribution is 2.31. The maximum atomic E-state index is 13.6. The Hall–Kier alpha value is -1.70. The van der Waals surface area contributed by atoms with E-state index < -0.39 is 10.0 Å². The van der Waals surface area contributed by atoms with Crippen molar-refractivity contribution in [2.45, 2.75) is 44.0 Å². The zero-order valence-corrected chi connectivity index (χ0v) is 17.1. The Kier molecular flexibility index (Phi) is 6.34. The standard InChI is InChI=1S/C20H29N3O3S/c1-15(2)8-9-16-14-21-11-5-13-23(16)27(24,25)19-7-4-6-18-17(19)10-12-22-20(18)26-3/h4,6-7,10,12,15-16,21H,5,8-9,11,13-14H2,1-3H3/t16-/m1/s1. The highest BCUT2D eigenvalue weighted by Gasteiger charge is 2.33. The molecule has 0 radical (unpaired) electrons. The molecule has 148 valence electrons. The predicted molar refractivity (Wildman–Crippen MR) is 108 cm³/mol. The Bertz CT molecular complexity index is 883. The molecular weight excluding hydrogens is 362 g/mol. The molecule has 7 heteroatoms. The first-order valence-corrected chi connectivity index (χ1v) is 11.0. The molecule has 0 aliphatic carbocycles. The highest BCUT2D eigenvalue weighted by molar-refractivity contribution is 7.89. The lowest BCUT2D eigenvalue weighted by atomic mass is 10.0. The number of ether oxygens (including phenoxy) is 1. The molecule has 1 fully saturated rings. The number of sulfonamides is 1. The van der Waals surface area contributed by atoms with Gasteiger partial charge >= 0.3 is 0 Å². The van der Waals surface area contributed by atoms with E-state index in [4.69, 9.17) is 4.74 Å². The molecule has 27 heavy (non-hydrogen) atoms. The number of aromatic nitrogens is 1. The number of hydrogen-bond acceptors (Lipinski definition) is 5. The summed E-state index contributed by atoms with van der Waals surface area (Å²) in [6.07, 6.45) is 4.28. The van der Waals surface area contributed by atoms with E-state index >= 15 is 0 Å².